The molecule has 0 fully saturated rings. The van der Waals surface area contributed by atoms with E-state index in [9.17, 15) is 5.11 Å². The van der Waals surface area contributed by atoms with Crippen molar-refractivity contribution in [2.45, 2.75) is 26.4 Å². The topological polar surface area (TPSA) is 38.7 Å². The summed E-state index contributed by atoms with van der Waals surface area (Å²) in [7, 11) is 3.20. The molecular formula is C13H20O3. The fourth-order valence-electron chi connectivity index (χ4n) is 1.53. The summed E-state index contributed by atoms with van der Waals surface area (Å²) in [6.07, 6.45) is 0. The SMILES string of the molecule is COc1ccc([C@](C)(O)C(C)C)c(OC)c1. The summed E-state index contributed by atoms with van der Waals surface area (Å²) in [6.45, 7) is 5.75. The molecule has 1 atom stereocenters. The predicted octanol–water partition coefficient (Wildman–Crippen LogP) is 2.57. The second-order valence-electron chi connectivity index (χ2n) is 4.37. The summed E-state index contributed by atoms with van der Waals surface area (Å²) in [4.78, 5) is 0. The molecule has 16 heavy (non-hydrogen) atoms. The van der Waals surface area contributed by atoms with E-state index in [0.717, 1.165) is 11.3 Å². The van der Waals surface area contributed by atoms with Crippen molar-refractivity contribution in [3.8, 4) is 11.5 Å². The van der Waals surface area contributed by atoms with Crippen LogP contribution in [0.15, 0.2) is 18.2 Å². The molecule has 0 saturated carbocycles. The highest BCUT2D eigenvalue weighted by Gasteiger charge is 2.30. The molecule has 0 unspecified atom stereocenters. The molecule has 0 aliphatic heterocycles. The van der Waals surface area contributed by atoms with Crippen molar-refractivity contribution in [1.82, 2.24) is 0 Å². The van der Waals surface area contributed by atoms with Gasteiger partial charge in [-0.1, -0.05) is 13.8 Å². The van der Waals surface area contributed by atoms with Crippen LogP contribution < -0.4 is 9.47 Å². The molecule has 90 valence electrons. The Morgan fingerprint density at radius 1 is 1.19 bits per heavy atom. The first-order chi connectivity index (χ1) is 7.43. The molecule has 3 heteroatoms. The van der Waals surface area contributed by atoms with E-state index < -0.39 is 5.60 Å². The molecule has 0 saturated heterocycles. The summed E-state index contributed by atoms with van der Waals surface area (Å²) >= 11 is 0. The van der Waals surface area contributed by atoms with E-state index in [4.69, 9.17) is 9.47 Å². The van der Waals surface area contributed by atoms with Gasteiger partial charge in [0, 0.05) is 11.6 Å². The molecule has 1 rings (SSSR count). The van der Waals surface area contributed by atoms with Crippen LogP contribution in [0.25, 0.3) is 0 Å². The fraction of sp³-hybridized carbons (Fsp3) is 0.538. The smallest absolute Gasteiger partial charge is 0.128 e. The van der Waals surface area contributed by atoms with Gasteiger partial charge in [-0.25, -0.2) is 0 Å². The molecule has 0 bridgehead atoms. The Labute approximate surface area is 97.0 Å². The molecule has 0 aromatic heterocycles. The van der Waals surface area contributed by atoms with E-state index >= 15 is 0 Å². The highest BCUT2D eigenvalue weighted by atomic mass is 16.5. The Balaban J connectivity index is 3.23. The summed E-state index contributed by atoms with van der Waals surface area (Å²) in [5.41, 5.74) is -0.122. The molecular weight excluding hydrogens is 204 g/mol. The normalized spacial score (nSPS) is 14.7. The van der Waals surface area contributed by atoms with Crippen molar-refractivity contribution < 1.29 is 14.6 Å². The molecule has 0 aliphatic carbocycles. The molecule has 0 heterocycles. The van der Waals surface area contributed by atoms with Crippen molar-refractivity contribution in [3.63, 3.8) is 0 Å². The van der Waals surface area contributed by atoms with Crippen LogP contribution in [0.1, 0.15) is 26.3 Å². The van der Waals surface area contributed by atoms with Crippen LogP contribution in [0.4, 0.5) is 0 Å². The molecule has 3 nitrogen and oxygen atoms in total. The maximum Gasteiger partial charge on any atom is 0.128 e. The Morgan fingerprint density at radius 2 is 1.81 bits per heavy atom. The lowest BCUT2D eigenvalue weighted by atomic mass is 9.84. The lowest BCUT2D eigenvalue weighted by molar-refractivity contribution is 0.00691. The minimum atomic E-state index is -0.905. The van der Waals surface area contributed by atoms with E-state index in [2.05, 4.69) is 0 Å². The maximum absolute atomic E-state index is 10.4. The van der Waals surface area contributed by atoms with Gasteiger partial charge in [-0.15, -0.1) is 0 Å². The van der Waals surface area contributed by atoms with Gasteiger partial charge in [0.15, 0.2) is 0 Å². The van der Waals surface area contributed by atoms with E-state index in [1.54, 1.807) is 27.2 Å². The molecule has 0 aliphatic rings. The molecule has 0 spiro atoms. The number of methoxy groups -OCH3 is 2. The van der Waals surface area contributed by atoms with Gasteiger partial charge in [-0.05, 0) is 25.0 Å². The van der Waals surface area contributed by atoms with Crippen molar-refractivity contribution in [2.24, 2.45) is 5.92 Å². The Morgan fingerprint density at radius 3 is 2.25 bits per heavy atom. The van der Waals surface area contributed by atoms with Gasteiger partial charge in [0.05, 0.1) is 19.8 Å². The average molecular weight is 224 g/mol. The monoisotopic (exact) mass is 224 g/mol. The van der Waals surface area contributed by atoms with Gasteiger partial charge in [0.2, 0.25) is 0 Å². The molecule has 1 N–H and O–H groups in total. The van der Waals surface area contributed by atoms with Crippen LogP contribution in [-0.2, 0) is 5.60 Å². The molecule has 0 amide bonds. The third-order valence-corrected chi connectivity index (χ3v) is 3.08. The van der Waals surface area contributed by atoms with Crippen LogP contribution >= 0.6 is 0 Å². The number of benzene rings is 1. The van der Waals surface area contributed by atoms with Crippen LogP contribution in [0.5, 0.6) is 11.5 Å². The highest BCUT2D eigenvalue weighted by Crippen LogP contribution is 2.37. The Kier molecular flexibility index (Phi) is 3.81. The number of hydrogen-bond donors (Lipinski definition) is 1. The van der Waals surface area contributed by atoms with Gasteiger partial charge < -0.3 is 14.6 Å². The van der Waals surface area contributed by atoms with Crippen molar-refractivity contribution in [2.75, 3.05) is 14.2 Å². The minimum absolute atomic E-state index is 0.106. The van der Waals surface area contributed by atoms with Crippen molar-refractivity contribution >= 4 is 0 Å². The summed E-state index contributed by atoms with van der Waals surface area (Å²) in [6, 6.07) is 5.46. The summed E-state index contributed by atoms with van der Waals surface area (Å²) in [5.74, 6) is 1.48. The first-order valence-electron chi connectivity index (χ1n) is 5.38. The second kappa shape index (κ2) is 4.74. The predicted molar refractivity (Wildman–Crippen MR) is 64.0 cm³/mol. The summed E-state index contributed by atoms with van der Waals surface area (Å²) < 4.78 is 10.4. The van der Waals surface area contributed by atoms with Gasteiger partial charge in [0.1, 0.15) is 11.5 Å². The molecule has 1 aromatic carbocycles. The van der Waals surface area contributed by atoms with Crippen molar-refractivity contribution in [1.29, 1.82) is 0 Å². The van der Waals surface area contributed by atoms with E-state index in [0.29, 0.717) is 5.75 Å². The fourth-order valence-corrected chi connectivity index (χ4v) is 1.53. The van der Waals surface area contributed by atoms with Gasteiger partial charge >= 0.3 is 0 Å². The lowest BCUT2D eigenvalue weighted by Crippen LogP contribution is -2.28. The van der Waals surface area contributed by atoms with Gasteiger partial charge in [0.25, 0.3) is 0 Å². The number of aliphatic hydroxyl groups is 1. The third kappa shape index (κ3) is 2.30. The first-order valence-corrected chi connectivity index (χ1v) is 5.38. The van der Waals surface area contributed by atoms with Crippen LogP contribution in [0.3, 0.4) is 0 Å². The van der Waals surface area contributed by atoms with Gasteiger partial charge in [-0.3, -0.25) is 0 Å². The second-order valence-corrected chi connectivity index (χ2v) is 4.37. The first kappa shape index (κ1) is 12.8. The Bertz CT molecular complexity index is 356. The van der Waals surface area contributed by atoms with Crippen LogP contribution in [-0.4, -0.2) is 19.3 Å². The number of hydrogen-bond acceptors (Lipinski definition) is 3. The zero-order valence-corrected chi connectivity index (χ0v) is 10.6. The molecule has 1 aromatic rings. The van der Waals surface area contributed by atoms with E-state index in [1.807, 2.05) is 26.0 Å². The van der Waals surface area contributed by atoms with Crippen LogP contribution in [0, 0.1) is 5.92 Å². The van der Waals surface area contributed by atoms with E-state index in [-0.39, 0.29) is 5.92 Å². The van der Waals surface area contributed by atoms with Gasteiger partial charge in [-0.2, -0.15) is 0 Å². The minimum Gasteiger partial charge on any atom is -0.497 e. The van der Waals surface area contributed by atoms with Crippen LogP contribution in [0.2, 0.25) is 0 Å². The standard InChI is InChI=1S/C13H20O3/c1-9(2)13(3,14)11-7-6-10(15-4)8-12(11)16-5/h6-9,14H,1-5H3/t13-/m1/s1. The maximum atomic E-state index is 10.4. The molecule has 0 radical (unpaired) electrons. The average Bonchev–Trinajstić information content (AvgIpc) is 2.27. The summed E-state index contributed by atoms with van der Waals surface area (Å²) in [5, 5.41) is 10.4. The highest BCUT2D eigenvalue weighted by molar-refractivity contribution is 5.43. The van der Waals surface area contributed by atoms with Crippen molar-refractivity contribution in [3.05, 3.63) is 23.8 Å². The largest absolute Gasteiger partial charge is 0.497 e. The zero-order chi connectivity index (χ0) is 12.3. The van der Waals surface area contributed by atoms with E-state index in [1.165, 1.54) is 0 Å². The number of ether oxygens (including phenoxy) is 2. The third-order valence-electron chi connectivity index (χ3n) is 3.08. The number of rotatable bonds is 4. The quantitative estimate of drug-likeness (QED) is 0.854. The lowest BCUT2D eigenvalue weighted by Gasteiger charge is -2.29. The zero-order valence-electron chi connectivity index (χ0n) is 10.6. The Hall–Kier alpha value is -1.22.